The second kappa shape index (κ2) is 5.28. The Hall–Kier alpha value is -0.500. The molecular formula is C11H15BrO. The molecule has 0 aliphatic carbocycles. The summed E-state index contributed by atoms with van der Waals surface area (Å²) in [4.78, 5) is 0. The maximum atomic E-state index is 5.66. The van der Waals surface area contributed by atoms with Gasteiger partial charge in [0.1, 0.15) is 5.75 Å². The summed E-state index contributed by atoms with van der Waals surface area (Å²) >= 11 is 3.47. The number of hydrogen-bond donors (Lipinski definition) is 0. The maximum Gasteiger partial charge on any atom is 0.136 e. The molecule has 0 aliphatic heterocycles. The lowest BCUT2D eigenvalue weighted by molar-refractivity contribution is 0.305. The standard InChI is InChI=1S/C11H15BrO/c1-3-4-8-13-11-9(2)6-5-7-10(11)12/h5-7H,3-4,8H2,1-2H3. The fourth-order valence-corrected chi connectivity index (χ4v) is 1.70. The number of rotatable bonds is 4. The molecule has 1 rings (SSSR count). The van der Waals surface area contributed by atoms with Crippen LogP contribution in [0.15, 0.2) is 22.7 Å². The number of unbranched alkanes of at least 4 members (excludes halogenated alkanes) is 1. The number of para-hydroxylation sites is 1. The van der Waals surface area contributed by atoms with Crippen LogP contribution in [0.4, 0.5) is 0 Å². The van der Waals surface area contributed by atoms with Gasteiger partial charge in [0.15, 0.2) is 0 Å². The average Bonchev–Trinajstić information content (AvgIpc) is 2.10. The first-order chi connectivity index (χ1) is 6.25. The molecule has 72 valence electrons. The van der Waals surface area contributed by atoms with Crippen LogP contribution >= 0.6 is 15.9 Å². The summed E-state index contributed by atoms with van der Waals surface area (Å²) in [7, 11) is 0. The molecule has 0 unspecified atom stereocenters. The Labute approximate surface area is 88.2 Å². The number of ether oxygens (including phenoxy) is 1. The summed E-state index contributed by atoms with van der Waals surface area (Å²) in [5.74, 6) is 0.982. The van der Waals surface area contributed by atoms with E-state index in [1.54, 1.807) is 0 Å². The molecule has 0 atom stereocenters. The van der Waals surface area contributed by atoms with Crippen molar-refractivity contribution in [3.05, 3.63) is 28.2 Å². The highest BCUT2D eigenvalue weighted by Crippen LogP contribution is 2.28. The van der Waals surface area contributed by atoms with Gasteiger partial charge in [0.2, 0.25) is 0 Å². The predicted octanol–water partition coefficient (Wildman–Crippen LogP) is 3.94. The number of benzene rings is 1. The first-order valence-corrected chi connectivity index (χ1v) is 5.43. The number of halogens is 1. The fraction of sp³-hybridized carbons (Fsp3) is 0.455. The molecule has 0 fully saturated rings. The van der Waals surface area contributed by atoms with Crippen LogP contribution in [0.1, 0.15) is 25.3 Å². The lowest BCUT2D eigenvalue weighted by atomic mass is 10.2. The molecular weight excluding hydrogens is 228 g/mol. The number of aryl methyl sites for hydroxylation is 1. The van der Waals surface area contributed by atoms with Crippen molar-refractivity contribution in [2.45, 2.75) is 26.7 Å². The van der Waals surface area contributed by atoms with E-state index in [-0.39, 0.29) is 0 Å². The van der Waals surface area contributed by atoms with Gasteiger partial charge in [-0.15, -0.1) is 0 Å². The molecule has 1 nitrogen and oxygen atoms in total. The Morgan fingerprint density at radius 1 is 1.38 bits per heavy atom. The van der Waals surface area contributed by atoms with Gasteiger partial charge in [-0.3, -0.25) is 0 Å². The lowest BCUT2D eigenvalue weighted by Crippen LogP contribution is -1.98. The van der Waals surface area contributed by atoms with Crippen LogP contribution in [0.25, 0.3) is 0 Å². The summed E-state index contributed by atoms with van der Waals surface area (Å²) in [6.07, 6.45) is 2.28. The van der Waals surface area contributed by atoms with Crippen molar-refractivity contribution >= 4 is 15.9 Å². The van der Waals surface area contributed by atoms with Gasteiger partial charge >= 0.3 is 0 Å². The fourth-order valence-electron chi connectivity index (χ4n) is 1.12. The van der Waals surface area contributed by atoms with Gasteiger partial charge < -0.3 is 4.74 Å². The molecule has 2 heteroatoms. The lowest BCUT2D eigenvalue weighted by Gasteiger charge is -2.09. The van der Waals surface area contributed by atoms with Crippen LogP contribution in [0.5, 0.6) is 5.75 Å². The molecule has 0 heterocycles. The second-order valence-electron chi connectivity index (χ2n) is 3.09. The molecule has 0 aromatic heterocycles. The SMILES string of the molecule is CCCCOc1c(C)cccc1Br. The van der Waals surface area contributed by atoms with Gasteiger partial charge in [-0.2, -0.15) is 0 Å². The van der Waals surface area contributed by atoms with Gasteiger partial charge in [0.05, 0.1) is 11.1 Å². The van der Waals surface area contributed by atoms with E-state index in [1.807, 2.05) is 12.1 Å². The van der Waals surface area contributed by atoms with E-state index in [9.17, 15) is 0 Å². The minimum atomic E-state index is 0.806. The molecule has 0 aliphatic rings. The minimum Gasteiger partial charge on any atom is -0.492 e. The Morgan fingerprint density at radius 3 is 2.77 bits per heavy atom. The topological polar surface area (TPSA) is 9.23 Å². The summed E-state index contributed by atoms with van der Waals surface area (Å²) in [5, 5.41) is 0. The highest BCUT2D eigenvalue weighted by molar-refractivity contribution is 9.10. The van der Waals surface area contributed by atoms with Crippen molar-refractivity contribution < 1.29 is 4.74 Å². The van der Waals surface area contributed by atoms with Gasteiger partial charge in [-0.1, -0.05) is 25.5 Å². The molecule has 13 heavy (non-hydrogen) atoms. The van der Waals surface area contributed by atoms with Gasteiger partial charge in [0, 0.05) is 0 Å². The van der Waals surface area contributed by atoms with Gasteiger partial charge in [-0.25, -0.2) is 0 Å². The normalized spacial score (nSPS) is 10.1. The van der Waals surface area contributed by atoms with Crippen LogP contribution < -0.4 is 4.74 Å². The molecule has 0 radical (unpaired) electrons. The van der Waals surface area contributed by atoms with Gasteiger partial charge in [-0.05, 0) is 40.9 Å². The van der Waals surface area contributed by atoms with E-state index in [4.69, 9.17) is 4.74 Å². The first kappa shape index (κ1) is 10.6. The summed E-state index contributed by atoms with van der Waals surface area (Å²) < 4.78 is 6.71. The zero-order valence-electron chi connectivity index (χ0n) is 8.14. The highest BCUT2D eigenvalue weighted by atomic mass is 79.9. The molecule has 0 bridgehead atoms. The molecule has 0 N–H and O–H groups in total. The largest absolute Gasteiger partial charge is 0.492 e. The van der Waals surface area contributed by atoms with E-state index in [0.29, 0.717) is 0 Å². The van der Waals surface area contributed by atoms with E-state index in [0.717, 1.165) is 23.2 Å². The smallest absolute Gasteiger partial charge is 0.136 e. The Morgan fingerprint density at radius 2 is 2.15 bits per heavy atom. The van der Waals surface area contributed by atoms with Crippen molar-refractivity contribution in [3.8, 4) is 5.75 Å². The van der Waals surface area contributed by atoms with Crippen LogP contribution in [0, 0.1) is 6.92 Å². The average molecular weight is 243 g/mol. The quantitative estimate of drug-likeness (QED) is 0.728. The molecule has 1 aromatic carbocycles. The summed E-state index contributed by atoms with van der Waals surface area (Å²) in [6, 6.07) is 6.09. The van der Waals surface area contributed by atoms with Crippen molar-refractivity contribution in [2.24, 2.45) is 0 Å². The van der Waals surface area contributed by atoms with E-state index >= 15 is 0 Å². The zero-order chi connectivity index (χ0) is 9.68. The Kier molecular flexibility index (Phi) is 4.29. The van der Waals surface area contributed by atoms with Crippen molar-refractivity contribution in [2.75, 3.05) is 6.61 Å². The third-order valence-electron chi connectivity index (χ3n) is 1.91. The minimum absolute atomic E-state index is 0.806. The monoisotopic (exact) mass is 242 g/mol. The Balaban J connectivity index is 2.64. The van der Waals surface area contributed by atoms with Crippen LogP contribution in [0.3, 0.4) is 0 Å². The predicted molar refractivity (Wildman–Crippen MR) is 59.3 cm³/mol. The van der Waals surface area contributed by atoms with Gasteiger partial charge in [0.25, 0.3) is 0 Å². The van der Waals surface area contributed by atoms with Crippen molar-refractivity contribution in [1.82, 2.24) is 0 Å². The van der Waals surface area contributed by atoms with Crippen molar-refractivity contribution in [1.29, 1.82) is 0 Å². The molecule has 0 saturated heterocycles. The second-order valence-corrected chi connectivity index (χ2v) is 3.94. The number of hydrogen-bond acceptors (Lipinski definition) is 1. The maximum absolute atomic E-state index is 5.66. The third kappa shape index (κ3) is 3.03. The summed E-state index contributed by atoms with van der Waals surface area (Å²) in [6.45, 7) is 5.03. The molecule has 0 amide bonds. The van der Waals surface area contributed by atoms with E-state index < -0.39 is 0 Å². The molecule has 1 aromatic rings. The van der Waals surface area contributed by atoms with Crippen LogP contribution in [-0.2, 0) is 0 Å². The molecule has 0 spiro atoms. The van der Waals surface area contributed by atoms with E-state index in [1.165, 1.54) is 12.0 Å². The third-order valence-corrected chi connectivity index (χ3v) is 2.53. The first-order valence-electron chi connectivity index (χ1n) is 4.63. The van der Waals surface area contributed by atoms with Crippen LogP contribution in [-0.4, -0.2) is 6.61 Å². The van der Waals surface area contributed by atoms with Crippen LogP contribution in [0.2, 0.25) is 0 Å². The van der Waals surface area contributed by atoms with Crippen molar-refractivity contribution in [3.63, 3.8) is 0 Å². The highest BCUT2D eigenvalue weighted by Gasteiger charge is 2.02. The molecule has 0 saturated carbocycles. The zero-order valence-corrected chi connectivity index (χ0v) is 9.73. The summed E-state index contributed by atoms with van der Waals surface area (Å²) in [5.41, 5.74) is 1.19. The van der Waals surface area contributed by atoms with E-state index in [2.05, 4.69) is 35.8 Å². The Bertz CT molecular complexity index is 251.